The highest BCUT2D eigenvalue weighted by Gasteiger charge is 2.18. The maximum atomic E-state index is 11.4. The third-order valence-corrected chi connectivity index (χ3v) is 1.84. The molecule has 74 valence electrons. The summed E-state index contributed by atoms with van der Waals surface area (Å²) in [6, 6.07) is 6.19. The SMILES string of the molecule is O=C(NCCl)c1ccccc1B(O)O. The lowest BCUT2D eigenvalue weighted by molar-refractivity contribution is 0.0961. The fourth-order valence-electron chi connectivity index (χ4n) is 1.08. The summed E-state index contributed by atoms with van der Waals surface area (Å²) in [6.07, 6.45) is 0. The third kappa shape index (κ3) is 2.48. The number of halogens is 1. The molecule has 0 atom stereocenters. The molecular weight excluding hydrogens is 204 g/mol. The number of carbonyl (C=O) groups is 1. The molecule has 0 saturated heterocycles. The largest absolute Gasteiger partial charge is 0.489 e. The van der Waals surface area contributed by atoms with Gasteiger partial charge in [-0.25, -0.2) is 0 Å². The highest BCUT2D eigenvalue weighted by molar-refractivity contribution is 6.60. The number of hydrogen-bond acceptors (Lipinski definition) is 3. The molecule has 0 fully saturated rings. The van der Waals surface area contributed by atoms with Gasteiger partial charge >= 0.3 is 7.12 Å². The van der Waals surface area contributed by atoms with Crippen LogP contribution in [0.15, 0.2) is 24.3 Å². The summed E-state index contributed by atoms with van der Waals surface area (Å²) >= 11 is 5.32. The Morgan fingerprint density at radius 2 is 2.07 bits per heavy atom. The van der Waals surface area contributed by atoms with E-state index < -0.39 is 13.0 Å². The molecule has 14 heavy (non-hydrogen) atoms. The first-order chi connectivity index (χ1) is 6.66. The molecule has 4 nitrogen and oxygen atoms in total. The minimum absolute atomic E-state index is 0.0192. The standard InChI is InChI=1S/C8H9BClNO3/c10-5-11-8(12)6-3-1-2-4-7(6)9(13)14/h1-4,13-14H,5H2,(H,11,12). The Hall–Kier alpha value is -1.04. The molecule has 0 aliphatic heterocycles. The van der Waals surface area contributed by atoms with Crippen LogP contribution in [0.1, 0.15) is 10.4 Å². The number of carbonyl (C=O) groups excluding carboxylic acids is 1. The molecule has 1 rings (SSSR count). The van der Waals surface area contributed by atoms with Gasteiger partial charge in [-0.15, -0.1) is 11.6 Å². The monoisotopic (exact) mass is 213 g/mol. The molecule has 0 spiro atoms. The quantitative estimate of drug-likeness (QED) is 0.353. The van der Waals surface area contributed by atoms with Gasteiger partial charge in [0.2, 0.25) is 0 Å². The van der Waals surface area contributed by atoms with E-state index in [0.717, 1.165) is 0 Å². The summed E-state index contributed by atoms with van der Waals surface area (Å²) in [5.74, 6) is -0.427. The Labute approximate surface area is 86.7 Å². The molecule has 0 aromatic heterocycles. The van der Waals surface area contributed by atoms with E-state index in [1.54, 1.807) is 12.1 Å². The molecule has 0 radical (unpaired) electrons. The smallest absolute Gasteiger partial charge is 0.423 e. The second kappa shape index (κ2) is 5.00. The van der Waals surface area contributed by atoms with Crippen molar-refractivity contribution in [3.05, 3.63) is 29.8 Å². The van der Waals surface area contributed by atoms with Crippen molar-refractivity contribution < 1.29 is 14.8 Å². The van der Waals surface area contributed by atoms with Gasteiger partial charge < -0.3 is 15.4 Å². The first kappa shape index (κ1) is 11.0. The molecule has 1 aromatic carbocycles. The van der Waals surface area contributed by atoms with E-state index >= 15 is 0 Å². The van der Waals surface area contributed by atoms with Crippen LogP contribution in [0.2, 0.25) is 0 Å². The fraction of sp³-hybridized carbons (Fsp3) is 0.125. The normalized spacial score (nSPS) is 9.64. The van der Waals surface area contributed by atoms with Crippen LogP contribution in [-0.2, 0) is 0 Å². The van der Waals surface area contributed by atoms with Gasteiger partial charge in [0.05, 0.1) is 6.00 Å². The minimum Gasteiger partial charge on any atom is -0.423 e. The van der Waals surface area contributed by atoms with Crippen LogP contribution in [0, 0.1) is 0 Å². The number of alkyl halides is 1. The van der Waals surface area contributed by atoms with Crippen LogP contribution in [-0.4, -0.2) is 29.1 Å². The molecule has 1 aromatic rings. The predicted molar refractivity (Wildman–Crippen MR) is 54.5 cm³/mol. The number of hydrogen-bond donors (Lipinski definition) is 3. The summed E-state index contributed by atoms with van der Waals surface area (Å²) in [5, 5.41) is 20.3. The zero-order valence-electron chi connectivity index (χ0n) is 7.27. The molecule has 0 bridgehead atoms. The van der Waals surface area contributed by atoms with E-state index in [1.807, 2.05) is 0 Å². The van der Waals surface area contributed by atoms with Crippen LogP contribution in [0.4, 0.5) is 0 Å². The van der Waals surface area contributed by atoms with Crippen molar-refractivity contribution in [2.45, 2.75) is 0 Å². The predicted octanol–water partition coefficient (Wildman–Crippen LogP) is -0.708. The van der Waals surface area contributed by atoms with Crippen molar-refractivity contribution in [1.82, 2.24) is 5.32 Å². The average molecular weight is 213 g/mol. The van der Waals surface area contributed by atoms with Crippen molar-refractivity contribution in [2.75, 3.05) is 6.00 Å². The number of rotatable bonds is 3. The van der Waals surface area contributed by atoms with E-state index in [1.165, 1.54) is 12.1 Å². The van der Waals surface area contributed by atoms with Gasteiger partial charge in [0, 0.05) is 5.56 Å². The van der Waals surface area contributed by atoms with E-state index in [2.05, 4.69) is 5.32 Å². The Bertz CT molecular complexity index is 332. The molecule has 0 heterocycles. The lowest BCUT2D eigenvalue weighted by atomic mass is 9.77. The van der Waals surface area contributed by atoms with Crippen LogP contribution < -0.4 is 10.8 Å². The Balaban J connectivity index is 3.00. The van der Waals surface area contributed by atoms with Crippen molar-refractivity contribution in [1.29, 1.82) is 0 Å². The second-order valence-corrected chi connectivity index (χ2v) is 2.87. The van der Waals surface area contributed by atoms with Gasteiger partial charge in [0.15, 0.2) is 0 Å². The van der Waals surface area contributed by atoms with E-state index in [4.69, 9.17) is 21.6 Å². The molecule has 0 unspecified atom stereocenters. The zero-order valence-corrected chi connectivity index (χ0v) is 8.03. The van der Waals surface area contributed by atoms with Gasteiger partial charge in [0.1, 0.15) is 0 Å². The molecule has 0 saturated carbocycles. The highest BCUT2D eigenvalue weighted by atomic mass is 35.5. The number of benzene rings is 1. The maximum absolute atomic E-state index is 11.4. The van der Waals surface area contributed by atoms with E-state index in [0.29, 0.717) is 0 Å². The van der Waals surface area contributed by atoms with Crippen molar-refractivity contribution in [3.8, 4) is 0 Å². The molecule has 1 amide bonds. The van der Waals surface area contributed by atoms with Crippen LogP contribution in [0.25, 0.3) is 0 Å². The van der Waals surface area contributed by atoms with Crippen molar-refractivity contribution in [3.63, 3.8) is 0 Å². The minimum atomic E-state index is -1.66. The van der Waals surface area contributed by atoms with Crippen LogP contribution >= 0.6 is 11.6 Å². The summed E-state index contributed by atoms with van der Waals surface area (Å²) in [4.78, 5) is 11.4. The maximum Gasteiger partial charge on any atom is 0.489 e. The summed E-state index contributed by atoms with van der Waals surface area (Å²) in [6.45, 7) is 0. The summed E-state index contributed by atoms with van der Waals surface area (Å²) in [7, 11) is -1.66. The molecule has 0 aliphatic carbocycles. The molecule has 3 N–H and O–H groups in total. The molecule has 6 heteroatoms. The zero-order chi connectivity index (χ0) is 10.6. The first-order valence-corrected chi connectivity index (χ1v) is 4.49. The molecule has 0 aliphatic rings. The Kier molecular flexibility index (Phi) is 3.94. The first-order valence-electron chi connectivity index (χ1n) is 3.96. The van der Waals surface area contributed by atoms with Gasteiger partial charge in [0.25, 0.3) is 5.91 Å². The van der Waals surface area contributed by atoms with E-state index in [-0.39, 0.29) is 17.0 Å². The Morgan fingerprint density at radius 3 is 2.64 bits per heavy atom. The summed E-state index contributed by atoms with van der Waals surface area (Å²) < 4.78 is 0. The van der Waals surface area contributed by atoms with Gasteiger partial charge in [-0.05, 0) is 11.5 Å². The van der Waals surface area contributed by atoms with Crippen molar-refractivity contribution >= 4 is 30.1 Å². The summed E-state index contributed by atoms with van der Waals surface area (Å²) in [5.41, 5.74) is 0.373. The van der Waals surface area contributed by atoms with E-state index in [9.17, 15) is 4.79 Å². The van der Waals surface area contributed by atoms with Crippen LogP contribution in [0.3, 0.4) is 0 Å². The number of amides is 1. The highest BCUT2D eigenvalue weighted by Crippen LogP contribution is 1.97. The number of nitrogens with one attached hydrogen (secondary N) is 1. The van der Waals surface area contributed by atoms with Crippen molar-refractivity contribution in [2.24, 2.45) is 0 Å². The topological polar surface area (TPSA) is 69.6 Å². The Morgan fingerprint density at radius 1 is 1.43 bits per heavy atom. The fourth-order valence-corrected chi connectivity index (χ4v) is 1.21. The van der Waals surface area contributed by atoms with Gasteiger partial charge in [-0.3, -0.25) is 4.79 Å². The second-order valence-electron chi connectivity index (χ2n) is 2.60. The lowest BCUT2D eigenvalue weighted by Crippen LogP contribution is -2.37. The van der Waals surface area contributed by atoms with Gasteiger partial charge in [-0.1, -0.05) is 18.2 Å². The lowest BCUT2D eigenvalue weighted by Gasteiger charge is -2.07. The van der Waals surface area contributed by atoms with Gasteiger partial charge in [-0.2, -0.15) is 0 Å². The third-order valence-electron chi connectivity index (χ3n) is 1.71. The molecular formula is C8H9BClNO3. The van der Waals surface area contributed by atoms with Crippen LogP contribution in [0.5, 0.6) is 0 Å². The average Bonchev–Trinajstić information content (AvgIpc) is 2.18.